The van der Waals surface area contributed by atoms with Crippen LogP contribution in [-0.2, 0) is 16.0 Å². The van der Waals surface area contributed by atoms with Gasteiger partial charge in [-0.05, 0) is 54.4 Å². The summed E-state index contributed by atoms with van der Waals surface area (Å²) in [5, 5.41) is 17.9. The van der Waals surface area contributed by atoms with Gasteiger partial charge in [-0.3, -0.25) is 10.1 Å². The fraction of sp³-hybridized carbons (Fsp3) is 0.160. The molecule has 0 spiro atoms. The van der Waals surface area contributed by atoms with Crippen molar-refractivity contribution in [3.8, 4) is 10.6 Å². The Morgan fingerprint density at radius 3 is 2.53 bits per heavy atom. The van der Waals surface area contributed by atoms with E-state index in [-0.39, 0.29) is 6.42 Å². The first kappa shape index (κ1) is 22.1. The van der Waals surface area contributed by atoms with E-state index in [0.29, 0.717) is 17.1 Å². The van der Waals surface area contributed by atoms with Crippen molar-refractivity contribution < 1.29 is 24.0 Å². The second-order valence-corrected chi connectivity index (χ2v) is 10.1. The Hall–Kier alpha value is -3.69. The Labute approximate surface area is 202 Å². The van der Waals surface area contributed by atoms with Crippen LogP contribution in [0.1, 0.15) is 29.2 Å². The van der Waals surface area contributed by atoms with Crippen molar-refractivity contribution in [3.05, 3.63) is 70.7 Å². The summed E-state index contributed by atoms with van der Waals surface area (Å²) in [5.41, 5.74) is 1.93. The molecule has 34 heavy (non-hydrogen) atoms. The van der Waals surface area contributed by atoms with Gasteiger partial charge in [-0.15, -0.1) is 22.7 Å². The third kappa shape index (κ3) is 4.40. The van der Waals surface area contributed by atoms with Gasteiger partial charge in [0.1, 0.15) is 17.5 Å². The minimum Gasteiger partial charge on any atom is -0.481 e. The number of carbonyl (C=O) groups excluding carboxylic acids is 1. The normalized spacial score (nSPS) is 12.2. The minimum absolute atomic E-state index is 0.0175. The van der Waals surface area contributed by atoms with Gasteiger partial charge in [0, 0.05) is 14.3 Å². The largest absolute Gasteiger partial charge is 0.481 e. The zero-order valence-electron chi connectivity index (χ0n) is 18.3. The van der Waals surface area contributed by atoms with Crippen molar-refractivity contribution in [1.82, 2.24) is 5.16 Å². The molecule has 0 bridgehead atoms. The van der Waals surface area contributed by atoms with E-state index in [9.17, 15) is 9.59 Å². The molecule has 9 heteroatoms. The van der Waals surface area contributed by atoms with E-state index in [1.807, 2.05) is 61.5 Å². The number of fused-ring (bicyclic) bond motifs is 2. The molecule has 0 fully saturated rings. The van der Waals surface area contributed by atoms with Crippen molar-refractivity contribution in [2.75, 3.05) is 5.32 Å². The maximum absolute atomic E-state index is 12.6. The molecular formula is C25H20N2O5S2. The van der Waals surface area contributed by atoms with Gasteiger partial charge in [-0.2, -0.15) is 0 Å². The number of hydrogen-bond acceptors (Lipinski definition) is 7. The molecule has 7 nitrogen and oxygen atoms in total. The van der Waals surface area contributed by atoms with Crippen molar-refractivity contribution in [2.45, 2.75) is 26.4 Å². The van der Waals surface area contributed by atoms with Gasteiger partial charge in [0.25, 0.3) is 0 Å². The van der Waals surface area contributed by atoms with Crippen LogP contribution in [-0.4, -0.2) is 22.3 Å². The van der Waals surface area contributed by atoms with Crippen molar-refractivity contribution in [3.63, 3.8) is 0 Å². The van der Waals surface area contributed by atoms with Crippen LogP contribution in [0, 0.1) is 6.92 Å². The van der Waals surface area contributed by atoms with Gasteiger partial charge in [0.15, 0.2) is 0 Å². The summed E-state index contributed by atoms with van der Waals surface area (Å²) in [6.07, 6.45) is -0.978. The summed E-state index contributed by atoms with van der Waals surface area (Å²) in [5.74, 6) is -0.369. The average Bonchev–Trinajstić information content (AvgIpc) is 3.48. The number of aromatic nitrogens is 1. The van der Waals surface area contributed by atoms with Crippen molar-refractivity contribution in [1.29, 1.82) is 0 Å². The van der Waals surface area contributed by atoms with Gasteiger partial charge in [-0.25, -0.2) is 4.79 Å². The lowest BCUT2D eigenvalue weighted by molar-refractivity contribution is -0.136. The predicted molar refractivity (Wildman–Crippen MR) is 134 cm³/mol. The van der Waals surface area contributed by atoms with Gasteiger partial charge < -0.3 is 14.4 Å². The summed E-state index contributed by atoms with van der Waals surface area (Å²) in [4.78, 5) is 25.3. The number of thiophene rings is 2. The molecule has 0 saturated carbocycles. The molecule has 2 N–H and O–H groups in total. The Kier molecular flexibility index (Phi) is 5.80. The number of anilines is 1. The first-order chi connectivity index (χ1) is 16.4. The number of nitrogens with one attached hydrogen (secondary N) is 1. The molecule has 1 amide bonds. The highest BCUT2D eigenvalue weighted by atomic mass is 32.1. The number of carbonyl (C=O) groups is 2. The van der Waals surface area contributed by atoms with Crippen LogP contribution < -0.4 is 5.32 Å². The number of carboxylic acids is 1. The molecular weight excluding hydrogens is 472 g/mol. The van der Waals surface area contributed by atoms with Crippen molar-refractivity contribution in [2.24, 2.45) is 0 Å². The fourth-order valence-electron chi connectivity index (χ4n) is 3.74. The molecule has 1 atom stereocenters. The Balaban J connectivity index is 1.40. The third-order valence-electron chi connectivity index (χ3n) is 5.40. The molecule has 3 aromatic heterocycles. The number of amides is 1. The second kappa shape index (κ2) is 8.92. The molecule has 0 saturated heterocycles. The summed E-state index contributed by atoms with van der Waals surface area (Å²) >= 11 is 3.00. The summed E-state index contributed by atoms with van der Waals surface area (Å²) in [6.45, 7) is 3.58. The number of aliphatic carboxylic acids is 1. The Morgan fingerprint density at radius 2 is 1.79 bits per heavy atom. The molecule has 0 aliphatic carbocycles. The van der Waals surface area contributed by atoms with Crippen LogP contribution in [0.25, 0.3) is 30.8 Å². The number of hydrogen-bond donors (Lipinski definition) is 2. The smallest absolute Gasteiger partial charge is 0.412 e. The maximum Gasteiger partial charge on any atom is 0.412 e. The number of benzene rings is 2. The maximum atomic E-state index is 12.6. The lowest BCUT2D eigenvalue weighted by Crippen LogP contribution is -2.16. The molecule has 0 aliphatic rings. The number of nitrogens with zero attached hydrogens (tertiary/aromatic N) is 1. The number of rotatable bonds is 6. The molecule has 0 aliphatic heterocycles. The zero-order chi connectivity index (χ0) is 23.8. The molecule has 172 valence electrons. The van der Waals surface area contributed by atoms with Crippen LogP contribution in [0.5, 0.6) is 0 Å². The van der Waals surface area contributed by atoms with Gasteiger partial charge in [0.05, 0.1) is 11.3 Å². The average molecular weight is 493 g/mol. The molecule has 5 aromatic rings. The van der Waals surface area contributed by atoms with Gasteiger partial charge in [0.2, 0.25) is 5.76 Å². The first-order valence-corrected chi connectivity index (χ1v) is 12.2. The SMILES string of the molecule is Cc1noc(-c2cc3cc4sc(CC(=O)O)cc4cc3s2)c1NC(=O)O[C@H](C)c1ccccc1. The minimum atomic E-state index is -0.840. The second-order valence-electron chi connectivity index (χ2n) is 7.88. The van der Waals surface area contributed by atoms with Crippen molar-refractivity contribution >= 4 is 60.6 Å². The van der Waals surface area contributed by atoms with Gasteiger partial charge in [-0.1, -0.05) is 35.5 Å². The van der Waals surface area contributed by atoms with E-state index >= 15 is 0 Å². The van der Waals surface area contributed by atoms with Crippen LogP contribution in [0.3, 0.4) is 0 Å². The highest BCUT2D eigenvalue weighted by molar-refractivity contribution is 7.23. The summed E-state index contributed by atoms with van der Waals surface area (Å²) in [6, 6.07) is 17.5. The highest BCUT2D eigenvalue weighted by Crippen LogP contribution is 2.41. The number of aryl methyl sites for hydroxylation is 1. The monoisotopic (exact) mass is 492 g/mol. The molecule has 0 unspecified atom stereocenters. The highest BCUT2D eigenvalue weighted by Gasteiger charge is 2.21. The predicted octanol–water partition coefficient (Wildman–Crippen LogP) is 7.02. The van der Waals surface area contributed by atoms with E-state index in [2.05, 4.69) is 10.5 Å². The first-order valence-electron chi connectivity index (χ1n) is 10.5. The molecule has 0 radical (unpaired) electrons. The molecule has 5 rings (SSSR count). The van der Waals surface area contributed by atoms with E-state index in [4.69, 9.17) is 14.4 Å². The van der Waals surface area contributed by atoms with E-state index in [1.165, 1.54) is 22.7 Å². The third-order valence-corrected chi connectivity index (χ3v) is 7.59. The summed E-state index contributed by atoms with van der Waals surface area (Å²) < 4.78 is 13.2. The molecule has 2 aromatic carbocycles. The standard InChI is InChI=1S/C25H20N2O5S2/c1-13-23(26-25(30)31-14(2)15-6-4-3-5-7-15)24(32-27-13)21-11-17-10-19-16(9-20(17)34-21)8-18(33-19)12-22(28)29/h3-11,14H,12H2,1-2H3,(H,26,30)(H,28,29)/t14-/m1/s1. The quantitative estimate of drug-likeness (QED) is 0.264. The van der Waals surface area contributed by atoms with Crippen LogP contribution in [0.15, 0.2) is 59.1 Å². The number of carboxylic acid groups (broad SMARTS) is 1. The lowest BCUT2D eigenvalue weighted by Gasteiger charge is -2.14. The molecule has 3 heterocycles. The van der Waals surface area contributed by atoms with Crippen LogP contribution in [0.4, 0.5) is 10.5 Å². The number of ether oxygens (including phenoxy) is 1. The topological polar surface area (TPSA) is 102 Å². The van der Waals surface area contributed by atoms with Crippen LogP contribution >= 0.6 is 22.7 Å². The van der Waals surface area contributed by atoms with Crippen LogP contribution in [0.2, 0.25) is 0 Å². The van der Waals surface area contributed by atoms with Gasteiger partial charge >= 0.3 is 12.1 Å². The fourth-order valence-corrected chi connectivity index (χ4v) is 5.91. The van der Waals surface area contributed by atoms with E-state index in [1.54, 1.807) is 6.92 Å². The van der Waals surface area contributed by atoms with E-state index in [0.717, 1.165) is 35.5 Å². The Morgan fingerprint density at radius 1 is 1.09 bits per heavy atom. The Bertz CT molecular complexity index is 1470. The lowest BCUT2D eigenvalue weighted by atomic mass is 10.1. The van der Waals surface area contributed by atoms with E-state index < -0.39 is 18.2 Å². The summed E-state index contributed by atoms with van der Waals surface area (Å²) in [7, 11) is 0. The zero-order valence-corrected chi connectivity index (χ0v) is 20.0.